The lowest BCUT2D eigenvalue weighted by Crippen LogP contribution is -2.55. The molecule has 2 aliphatic heterocycles. The maximum atomic E-state index is 12.3. The molecule has 0 spiro atoms. The number of amides is 3. The lowest BCUT2D eigenvalue weighted by Gasteiger charge is -2.37. The van der Waals surface area contributed by atoms with Crippen LogP contribution in [-0.4, -0.2) is 60.8 Å². The Kier molecular flexibility index (Phi) is 5.09. The number of nitrogens with one attached hydrogen (secondary N) is 1. The van der Waals surface area contributed by atoms with E-state index < -0.39 is 0 Å². The van der Waals surface area contributed by atoms with E-state index in [9.17, 15) is 9.59 Å². The number of likely N-dealkylation sites (tertiary alicyclic amines) is 2. The molecule has 2 saturated heterocycles. The van der Waals surface area contributed by atoms with E-state index in [0.29, 0.717) is 19.1 Å². The van der Waals surface area contributed by atoms with Gasteiger partial charge < -0.3 is 19.9 Å². The van der Waals surface area contributed by atoms with Gasteiger partial charge in [0.1, 0.15) is 0 Å². The van der Waals surface area contributed by atoms with Crippen molar-refractivity contribution in [2.24, 2.45) is 0 Å². The Bertz CT molecular complexity index is 362. The number of carbonyl (C=O) groups excluding carboxylic acids is 2. The van der Waals surface area contributed by atoms with Crippen LogP contribution in [0.4, 0.5) is 9.59 Å². The minimum Gasteiger partial charge on any atom is -0.453 e. The average molecular weight is 283 g/mol. The highest BCUT2D eigenvalue weighted by Gasteiger charge is 2.28. The maximum absolute atomic E-state index is 12.3. The quantitative estimate of drug-likeness (QED) is 0.798. The summed E-state index contributed by atoms with van der Waals surface area (Å²) in [5.74, 6) is 0. The summed E-state index contributed by atoms with van der Waals surface area (Å²) >= 11 is 0. The summed E-state index contributed by atoms with van der Waals surface area (Å²) in [7, 11) is 1.39. The fourth-order valence-corrected chi connectivity index (χ4v) is 3.05. The normalized spacial score (nSPS) is 27.1. The maximum Gasteiger partial charge on any atom is 0.409 e. The molecule has 20 heavy (non-hydrogen) atoms. The van der Waals surface area contributed by atoms with Gasteiger partial charge in [-0.2, -0.15) is 0 Å². The predicted octanol–water partition coefficient (Wildman–Crippen LogP) is 1.80. The molecule has 0 bridgehead atoms. The predicted molar refractivity (Wildman–Crippen MR) is 75.6 cm³/mol. The standard InChI is InChI=1S/C14H25N3O3/c1-11-6-3-4-9-17(11)13(18)15-12-7-5-8-16(10-12)14(19)20-2/h11-12H,3-10H2,1-2H3,(H,15,18). The molecule has 2 heterocycles. The minimum atomic E-state index is -0.310. The number of hydrogen-bond donors (Lipinski definition) is 1. The molecule has 2 atom stereocenters. The molecule has 0 aromatic rings. The first kappa shape index (κ1) is 14.9. The Labute approximate surface area is 120 Å². The highest BCUT2D eigenvalue weighted by Crippen LogP contribution is 2.17. The van der Waals surface area contributed by atoms with Crippen molar-refractivity contribution >= 4 is 12.1 Å². The molecule has 114 valence electrons. The summed E-state index contributed by atoms with van der Waals surface area (Å²) in [6.07, 6.45) is 4.86. The van der Waals surface area contributed by atoms with Gasteiger partial charge in [-0.3, -0.25) is 0 Å². The molecule has 0 aromatic carbocycles. The van der Waals surface area contributed by atoms with Crippen molar-refractivity contribution in [3.05, 3.63) is 0 Å². The lowest BCUT2D eigenvalue weighted by molar-refractivity contribution is 0.104. The molecule has 0 aromatic heterocycles. The minimum absolute atomic E-state index is 0.00826. The van der Waals surface area contributed by atoms with Crippen molar-refractivity contribution in [3.63, 3.8) is 0 Å². The molecule has 1 N–H and O–H groups in total. The Morgan fingerprint density at radius 2 is 1.95 bits per heavy atom. The second-order valence-electron chi connectivity index (χ2n) is 5.74. The van der Waals surface area contributed by atoms with Crippen LogP contribution in [-0.2, 0) is 4.74 Å². The van der Waals surface area contributed by atoms with E-state index in [4.69, 9.17) is 4.74 Å². The van der Waals surface area contributed by atoms with Crippen LogP contribution in [0.15, 0.2) is 0 Å². The van der Waals surface area contributed by atoms with Gasteiger partial charge in [-0.15, -0.1) is 0 Å². The van der Waals surface area contributed by atoms with Crippen LogP contribution in [0.2, 0.25) is 0 Å². The van der Waals surface area contributed by atoms with Crippen LogP contribution >= 0.6 is 0 Å². The van der Waals surface area contributed by atoms with Crippen LogP contribution in [0.3, 0.4) is 0 Å². The summed E-state index contributed by atoms with van der Waals surface area (Å²) in [5.41, 5.74) is 0. The summed E-state index contributed by atoms with van der Waals surface area (Å²) in [6, 6.07) is 0.349. The van der Waals surface area contributed by atoms with E-state index in [-0.39, 0.29) is 18.2 Å². The van der Waals surface area contributed by atoms with Crippen LogP contribution in [0.5, 0.6) is 0 Å². The number of methoxy groups -OCH3 is 1. The zero-order chi connectivity index (χ0) is 14.5. The smallest absolute Gasteiger partial charge is 0.409 e. The monoisotopic (exact) mass is 283 g/mol. The lowest BCUT2D eigenvalue weighted by atomic mass is 10.0. The van der Waals surface area contributed by atoms with Gasteiger partial charge in [-0.05, 0) is 39.0 Å². The van der Waals surface area contributed by atoms with Crippen LogP contribution in [0.25, 0.3) is 0 Å². The number of nitrogens with zero attached hydrogens (tertiary/aromatic N) is 2. The molecule has 3 amide bonds. The van der Waals surface area contributed by atoms with Gasteiger partial charge in [0.15, 0.2) is 0 Å². The third kappa shape index (κ3) is 3.55. The van der Waals surface area contributed by atoms with Gasteiger partial charge >= 0.3 is 12.1 Å². The van der Waals surface area contributed by atoms with Crippen LogP contribution in [0, 0.1) is 0 Å². The molecular formula is C14H25N3O3. The fourth-order valence-electron chi connectivity index (χ4n) is 3.05. The van der Waals surface area contributed by atoms with Crippen molar-refractivity contribution in [2.75, 3.05) is 26.7 Å². The first-order valence-corrected chi connectivity index (χ1v) is 7.52. The molecule has 6 heteroatoms. The SMILES string of the molecule is COC(=O)N1CCCC(NC(=O)N2CCCCC2C)C1. The topological polar surface area (TPSA) is 61.9 Å². The zero-order valence-electron chi connectivity index (χ0n) is 12.4. The Hall–Kier alpha value is -1.46. The van der Waals surface area contributed by atoms with Crippen molar-refractivity contribution in [1.82, 2.24) is 15.1 Å². The fraction of sp³-hybridized carbons (Fsp3) is 0.857. The second-order valence-corrected chi connectivity index (χ2v) is 5.74. The zero-order valence-corrected chi connectivity index (χ0v) is 12.4. The number of ether oxygens (including phenoxy) is 1. The first-order chi connectivity index (χ1) is 9.61. The van der Waals surface area contributed by atoms with Gasteiger partial charge in [-0.25, -0.2) is 9.59 Å². The third-order valence-electron chi connectivity index (χ3n) is 4.25. The van der Waals surface area contributed by atoms with Gasteiger partial charge in [-0.1, -0.05) is 0 Å². The molecule has 0 radical (unpaired) electrons. The highest BCUT2D eigenvalue weighted by atomic mass is 16.5. The Morgan fingerprint density at radius 1 is 1.15 bits per heavy atom. The van der Waals surface area contributed by atoms with Crippen molar-refractivity contribution in [2.45, 2.75) is 51.1 Å². The molecule has 6 nitrogen and oxygen atoms in total. The molecular weight excluding hydrogens is 258 g/mol. The molecule has 2 rings (SSSR count). The molecule has 2 aliphatic rings. The van der Waals surface area contributed by atoms with E-state index in [1.807, 2.05) is 4.90 Å². The number of carbonyl (C=O) groups is 2. The summed E-state index contributed by atoms with van der Waals surface area (Å²) in [6.45, 7) is 4.18. The van der Waals surface area contributed by atoms with Gasteiger partial charge in [0, 0.05) is 31.7 Å². The van der Waals surface area contributed by atoms with E-state index in [2.05, 4.69) is 12.2 Å². The van der Waals surface area contributed by atoms with E-state index in [1.165, 1.54) is 13.5 Å². The van der Waals surface area contributed by atoms with Gasteiger partial charge in [0.2, 0.25) is 0 Å². The number of urea groups is 1. The van der Waals surface area contributed by atoms with Gasteiger partial charge in [0.25, 0.3) is 0 Å². The van der Waals surface area contributed by atoms with E-state index in [1.54, 1.807) is 4.90 Å². The number of piperidine rings is 2. The molecule has 2 fully saturated rings. The number of hydrogen-bond acceptors (Lipinski definition) is 3. The highest BCUT2D eigenvalue weighted by molar-refractivity contribution is 5.75. The van der Waals surface area contributed by atoms with E-state index in [0.717, 1.165) is 32.2 Å². The second kappa shape index (κ2) is 6.81. The molecule has 0 saturated carbocycles. The summed E-state index contributed by atoms with van der Waals surface area (Å²) < 4.78 is 4.74. The summed E-state index contributed by atoms with van der Waals surface area (Å²) in [4.78, 5) is 27.4. The first-order valence-electron chi connectivity index (χ1n) is 7.52. The number of rotatable bonds is 1. The van der Waals surface area contributed by atoms with Gasteiger partial charge in [0.05, 0.1) is 7.11 Å². The molecule has 2 unspecified atom stereocenters. The van der Waals surface area contributed by atoms with Crippen molar-refractivity contribution in [1.29, 1.82) is 0 Å². The average Bonchev–Trinajstić information content (AvgIpc) is 2.47. The molecule has 0 aliphatic carbocycles. The largest absolute Gasteiger partial charge is 0.453 e. The Balaban J connectivity index is 1.85. The van der Waals surface area contributed by atoms with Crippen LogP contribution in [0.1, 0.15) is 39.0 Å². The van der Waals surface area contributed by atoms with Crippen molar-refractivity contribution in [3.8, 4) is 0 Å². The van der Waals surface area contributed by atoms with Crippen LogP contribution < -0.4 is 5.32 Å². The Morgan fingerprint density at radius 3 is 2.65 bits per heavy atom. The third-order valence-corrected chi connectivity index (χ3v) is 4.25. The van der Waals surface area contributed by atoms with Crippen molar-refractivity contribution < 1.29 is 14.3 Å². The summed E-state index contributed by atoms with van der Waals surface area (Å²) in [5, 5.41) is 3.07. The van der Waals surface area contributed by atoms with E-state index >= 15 is 0 Å².